The first kappa shape index (κ1) is 41.7. The number of nitrogens with one attached hydrogen (secondary N) is 2. The maximum Gasteiger partial charge on any atom is 0.324 e. The van der Waals surface area contributed by atoms with Gasteiger partial charge in [-0.3, -0.25) is 19.2 Å². The van der Waals surface area contributed by atoms with Crippen molar-refractivity contribution in [2.24, 2.45) is 52.8 Å². The molecule has 8 rings (SSSR count). The molecule has 0 heterocycles. The van der Waals surface area contributed by atoms with Gasteiger partial charge in [-0.1, -0.05) is 58.3 Å². The van der Waals surface area contributed by atoms with E-state index in [1.165, 1.54) is 64.2 Å². The zero-order valence-corrected chi connectivity index (χ0v) is 35.4. The van der Waals surface area contributed by atoms with Gasteiger partial charge in [-0.15, -0.1) is 0 Å². The van der Waals surface area contributed by atoms with Crippen molar-refractivity contribution < 1.29 is 33.4 Å². The summed E-state index contributed by atoms with van der Waals surface area (Å²) in [5, 5.41) is 7.30. The molecule has 8 fully saturated rings. The Morgan fingerprint density at radius 1 is 0.596 bits per heavy atom. The molecule has 0 amide bonds. The first-order valence-corrected chi connectivity index (χ1v) is 24.3. The minimum atomic E-state index is -0.653. The fourth-order valence-electron chi connectivity index (χ4n) is 14.2. The minimum absolute atomic E-state index is 0.00695. The summed E-state index contributed by atoms with van der Waals surface area (Å²) in [7, 11) is 0. The zero-order valence-electron chi connectivity index (χ0n) is 35.4. The molecule has 320 valence electrons. The molecule has 0 aromatic rings. The number of rotatable bonds is 17. The summed E-state index contributed by atoms with van der Waals surface area (Å²) in [6, 6.07) is -1.21. The highest BCUT2D eigenvalue weighted by Gasteiger charge is 2.67. The van der Waals surface area contributed by atoms with Crippen LogP contribution < -0.4 is 10.6 Å². The van der Waals surface area contributed by atoms with E-state index in [0.717, 1.165) is 115 Å². The predicted molar refractivity (Wildman–Crippen MR) is 219 cm³/mol. The van der Waals surface area contributed by atoms with E-state index in [0.29, 0.717) is 41.9 Å². The summed E-state index contributed by atoms with van der Waals surface area (Å²) in [6.07, 6.45) is 27.5. The van der Waals surface area contributed by atoms with E-state index in [1.807, 2.05) is 0 Å². The number of Topliss-reactive ketones (excluding diaryl/α,β-unsaturated/α-hetero) is 1. The Balaban J connectivity index is 0.864. The van der Waals surface area contributed by atoms with E-state index < -0.39 is 12.1 Å². The van der Waals surface area contributed by atoms with Crippen LogP contribution in [-0.2, 0) is 33.4 Å². The van der Waals surface area contributed by atoms with Crippen LogP contribution >= 0.6 is 0 Å². The van der Waals surface area contributed by atoms with Gasteiger partial charge in [0.05, 0.1) is 6.42 Å². The van der Waals surface area contributed by atoms with Crippen LogP contribution in [0.5, 0.6) is 0 Å². The van der Waals surface area contributed by atoms with Gasteiger partial charge in [0.25, 0.3) is 0 Å². The molecule has 9 nitrogen and oxygen atoms in total. The van der Waals surface area contributed by atoms with Crippen LogP contribution in [-0.4, -0.2) is 67.2 Å². The second-order valence-corrected chi connectivity index (χ2v) is 21.0. The molecular weight excluding hydrogens is 717 g/mol. The normalized spacial score (nSPS) is 35.8. The lowest BCUT2D eigenvalue weighted by atomic mass is 9.60. The molecule has 57 heavy (non-hydrogen) atoms. The SMILES string of the molecule is CC1(CNC(CC(=O)CC2CCCCC2)C(=O)OC2CCCCC2)CC2CC1C1C3CC(CNC(CC(=O)OC4CCCCC4)C(=O)OC4CCCCC4)C(C3)C21. The van der Waals surface area contributed by atoms with Crippen LogP contribution in [0.3, 0.4) is 0 Å². The number of hydrogen-bond acceptors (Lipinski definition) is 9. The Kier molecular flexibility index (Phi) is 14.0. The summed E-state index contributed by atoms with van der Waals surface area (Å²) in [5.41, 5.74) is 0.104. The van der Waals surface area contributed by atoms with E-state index in [4.69, 9.17) is 14.2 Å². The molecular formula is C48H76N2O7. The number of hydrogen-bond donors (Lipinski definition) is 2. The Bertz CT molecular complexity index is 1380. The van der Waals surface area contributed by atoms with Crippen molar-refractivity contribution in [3.8, 4) is 0 Å². The van der Waals surface area contributed by atoms with Gasteiger partial charge >= 0.3 is 17.9 Å². The first-order valence-electron chi connectivity index (χ1n) is 24.3. The summed E-state index contributed by atoms with van der Waals surface area (Å²) >= 11 is 0. The average Bonchev–Trinajstić information content (AvgIpc) is 3.99. The second kappa shape index (κ2) is 19.1. The van der Waals surface area contributed by atoms with Crippen molar-refractivity contribution in [3.05, 3.63) is 0 Å². The van der Waals surface area contributed by atoms with Gasteiger partial charge in [0.1, 0.15) is 36.2 Å². The smallest absolute Gasteiger partial charge is 0.324 e. The zero-order chi connectivity index (χ0) is 39.4. The van der Waals surface area contributed by atoms with Crippen molar-refractivity contribution in [2.75, 3.05) is 13.1 Å². The maximum absolute atomic E-state index is 13.7. The third kappa shape index (κ3) is 10.1. The minimum Gasteiger partial charge on any atom is -0.462 e. The summed E-state index contributed by atoms with van der Waals surface area (Å²) in [6.45, 7) is 3.97. The number of fused-ring (bicyclic) bond motifs is 9. The molecule has 0 aliphatic heterocycles. The van der Waals surface area contributed by atoms with Crippen molar-refractivity contribution in [1.29, 1.82) is 0 Å². The average molecular weight is 793 g/mol. The van der Waals surface area contributed by atoms with Gasteiger partial charge in [-0.2, -0.15) is 0 Å². The largest absolute Gasteiger partial charge is 0.462 e. The molecule has 8 saturated carbocycles. The van der Waals surface area contributed by atoms with E-state index in [2.05, 4.69) is 17.6 Å². The summed E-state index contributed by atoms with van der Waals surface area (Å²) in [5.74, 6) is 4.54. The van der Waals surface area contributed by atoms with Crippen molar-refractivity contribution >= 4 is 23.7 Å². The lowest BCUT2D eigenvalue weighted by Crippen LogP contribution is -2.50. The monoisotopic (exact) mass is 793 g/mol. The van der Waals surface area contributed by atoms with Crippen molar-refractivity contribution in [3.63, 3.8) is 0 Å². The Morgan fingerprint density at radius 3 is 1.74 bits per heavy atom. The number of ketones is 1. The van der Waals surface area contributed by atoms with Gasteiger partial charge < -0.3 is 24.8 Å². The molecule has 0 radical (unpaired) electrons. The molecule has 8 aliphatic rings. The van der Waals surface area contributed by atoms with Crippen molar-refractivity contribution in [2.45, 2.75) is 211 Å². The van der Waals surface area contributed by atoms with Gasteiger partial charge in [0.2, 0.25) is 0 Å². The highest BCUT2D eigenvalue weighted by Crippen LogP contribution is 2.72. The van der Waals surface area contributed by atoms with Crippen LogP contribution in [0, 0.1) is 52.8 Å². The number of carbonyl (C=O) groups is 4. The van der Waals surface area contributed by atoms with Gasteiger partial charge in [0, 0.05) is 19.4 Å². The maximum atomic E-state index is 13.7. The van der Waals surface area contributed by atoms with Crippen LogP contribution in [0.25, 0.3) is 0 Å². The van der Waals surface area contributed by atoms with Crippen molar-refractivity contribution in [1.82, 2.24) is 10.6 Å². The molecule has 0 aromatic heterocycles. The highest BCUT2D eigenvalue weighted by atomic mass is 16.6. The Morgan fingerprint density at radius 2 is 1.14 bits per heavy atom. The van der Waals surface area contributed by atoms with E-state index >= 15 is 0 Å². The molecule has 0 aromatic carbocycles. The summed E-state index contributed by atoms with van der Waals surface area (Å²) in [4.78, 5) is 54.0. The highest BCUT2D eigenvalue weighted by molar-refractivity contribution is 5.86. The van der Waals surface area contributed by atoms with Gasteiger partial charge in [-0.25, -0.2) is 0 Å². The molecule has 9 heteroatoms. The Labute approximate surface area is 343 Å². The third-order valence-corrected chi connectivity index (χ3v) is 17.0. The van der Waals surface area contributed by atoms with E-state index in [9.17, 15) is 19.2 Å². The lowest BCUT2D eigenvalue weighted by molar-refractivity contribution is -0.160. The molecule has 4 bridgehead atoms. The molecule has 0 saturated heterocycles. The van der Waals surface area contributed by atoms with Crippen LogP contribution in [0.1, 0.15) is 180 Å². The van der Waals surface area contributed by atoms with Gasteiger partial charge in [-0.05, 0) is 162 Å². The fraction of sp³-hybridized carbons (Fsp3) is 0.917. The van der Waals surface area contributed by atoms with Crippen LogP contribution in [0.2, 0.25) is 0 Å². The standard InChI is InChI=1S/C48H76N2O7/c1-48(30-50-41(46(53)56-37-18-10-4-11-19-37)26-35(51)22-31-14-6-2-7-15-31)28-33-25-40(48)45-32-23-34(39(24-32)44(33)45)29-49-42(47(54)57-38-20-12-5-13-21-38)27-43(52)55-36-16-8-3-9-17-36/h31-34,36-42,44-45,49-50H,2-30H2,1H3. The number of esters is 3. The molecule has 10 unspecified atom stereocenters. The third-order valence-electron chi connectivity index (χ3n) is 17.0. The predicted octanol–water partition coefficient (Wildman–Crippen LogP) is 8.78. The number of ether oxygens (including phenoxy) is 3. The topological polar surface area (TPSA) is 120 Å². The number of carbonyl (C=O) groups excluding carboxylic acids is 4. The van der Waals surface area contributed by atoms with Gasteiger partial charge in [0.15, 0.2) is 0 Å². The van der Waals surface area contributed by atoms with E-state index in [1.54, 1.807) is 0 Å². The molecule has 10 atom stereocenters. The van der Waals surface area contributed by atoms with E-state index in [-0.39, 0.29) is 60.3 Å². The Hall–Kier alpha value is -2.00. The second-order valence-electron chi connectivity index (χ2n) is 21.0. The summed E-state index contributed by atoms with van der Waals surface area (Å²) < 4.78 is 18.0. The quantitative estimate of drug-likeness (QED) is 0.0847. The first-order chi connectivity index (χ1) is 27.7. The molecule has 2 N–H and O–H groups in total. The molecule has 8 aliphatic carbocycles. The van der Waals surface area contributed by atoms with Crippen LogP contribution in [0.15, 0.2) is 0 Å². The molecule has 0 spiro atoms. The van der Waals surface area contributed by atoms with Crippen LogP contribution in [0.4, 0.5) is 0 Å². The lowest BCUT2D eigenvalue weighted by Gasteiger charge is -2.47. The fourth-order valence-corrected chi connectivity index (χ4v) is 14.2.